The minimum absolute atomic E-state index is 0.202. The van der Waals surface area contributed by atoms with Gasteiger partial charge in [-0.2, -0.15) is 0 Å². The standard InChI is InChI=1S/C14H19NO2S/c1-10-7-15(8-11(2)17-10)14-5-4-13(18-3)6-12(14)9-16/h4-6,9-11H,7-8H2,1-3H3/t10-,11+. The maximum atomic E-state index is 11.2. The lowest BCUT2D eigenvalue weighted by molar-refractivity contribution is -0.00525. The van der Waals surface area contributed by atoms with E-state index in [2.05, 4.69) is 24.8 Å². The summed E-state index contributed by atoms with van der Waals surface area (Å²) < 4.78 is 5.72. The monoisotopic (exact) mass is 265 g/mol. The minimum Gasteiger partial charge on any atom is -0.372 e. The van der Waals surface area contributed by atoms with Crippen molar-refractivity contribution in [2.24, 2.45) is 0 Å². The van der Waals surface area contributed by atoms with Gasteiger partial charge in [0.25, 0.3) is 0 Å². The first kappa shape index (κ1) is 13.4. The van der Waals surface area contributed by atoms with Crippen LogP contribution in [-0.2, 0) is 4.74 Å². The van der Waals surface area contributed by atoms with E-state index in [0.717, 1.165) is 35.5 Å². The summed E-state index contributed by atoms with van der Waals surface area (Å²) in [5.41, 5.74) is 1.79. The zero-order chi connectivity index (χ0) is 13.1. The van der Waals surface area contributed by atoms with Crippen LogP contribution in [0.2, 0.25) is 0 Å². The highest BCUT2D eigenvalue weighted by molar-refractivity contribution is 7.98. The van der Waals surface area contributed by atoms with Gasteiger partial charge in [-0.1, -0.05) is 0 Å². The molecule has 3 nitrogen and oxygen atoms in total. The molecule has 0 N–H and O–H groups in total. The normalized spacial score (nSPS) is 24.1. The molecule has 1 aromatic carbocycles. The van der Waals surface area contributed by atoms with Crippen molar-refractivity contribution in [1.29, 1.82) is 0 Å². The van der Waals surface area contributed by atoms with Crippen molar-refractivity contribution >= 4 is 23.7 Å². The zero-order valence-electron chi connectivity index (χ0n) is 11.1. The fourth-order valence-corrected chi connectivity index (χ4v) is 2.87. The second kappa shape index (κ2) is 5.76. The average molecular weight is 265 g/mol. The summed E-state index contributed by atoms with van der Waals surface area (Å²) in [6, 6.07) is 6.07. The van der Waals surface area contributed by atoms with E-state index in [9.17, 15) is 4.79 Å². The highest BCUT2D eigenvalue weighted by Gasteiger charge is 2.23. The van der Waals surface area contributed by atoms with Gasteiger partial charge in [0.05, 0.1) is 12.2 Å². The van der Waals surface area contributed by atoms with Gasteiger partial charge < -0.3 is 9.64 Å². The van der Waals surface area contributed by atoms with E-state index in [1.165, 1.54) is 0 Å². The van der Waals surface area contributed by atoms with Crippen LogP contribution in [0.25, 0.3) is 0 Å². The summed E-state index contributed by atoms with van der Waals surface area (Å²) >= 11 is 1.65. The summed E-state index contributed by atoms with van der Waals surface area (Å²) in [5, 5.41) is 0. The molecule has 2 atom stereocenters. The van der Waals surface area contributed by atoms with Gasteiger partial charge in [0.15, 0.2) is 6.29 Å². The maximum absolute atomic E-state index is 11.2. The number of morpholine rings is 1. The van der Waals surface area contributed by atoms with Gasteiger partial charge in [-0.15, -0.1) is 11.8 Å². The summed E-state index contributed by atoms with van der Waals surface area (Å²) in [5.74, 6) is 0. The predicted molar refractivity (Wildman–Crippen MR) is 75.8 cm³/mol. The summed E-state index contributed by atoms with van der Waals surface area (Å²) in [6.07, 6.45) is 3.37. The van der Waals surface area contributed by atoms with Crippen LogP contribution in [0, 0.1) is 0 Å². The topological polar surface area (TPSA) is 29.5 Å². The van der Waals surface area contributed by atoms with E-state index in [0.29, 0.717) is 0 Å². The Labute approximate surface area is 113 Å². The summed E-state index contributed by atoms with van der Waals surface area (Å²) in [7, 11) is 0. The van der Waals surface area contributed by atoms with Gasteiger partial charge in [-0.3, -0.25) is 4.79 Å². The number of aldehydes is 1. The quantitative estimate of drug-likeness (QED) is 0.621. The van der Waals surface area contributed by atoms with Gasteiger partial charge in [0, 0.05) is 29.2 Å². The first-order valence-electron chi connectivity index (χ1n) is 6.17. The Bertz CT molecular complexity index is 426. The molecule has 1 aromatic rings. The lowest BCUT2D eigenvalue weighted by Crippen LogP contribution is -2.45. The van der Waals surface area contributed by atoms with Crippen LogP contribution in [0.4, 0.5) is 5.69 Å². The van der Waals surface area contributed by atoms with Crippen molar-refractivity contribution < 1.29 is 9.53 Å². The maximum Gasteiger partial charge on any atom is 0.152 e. The SMILES string of the molecule is CSc1ccc(N2C[C@@H](C)O[C@@H](C)C2)c(C=O)c1. The van der Waals surface area contributed by atoms with Gasteiger partial charge in [-0.05, 0) is 38.3 Å². The Morgan fingerprint density at radius 1 is 1.33 bits per heavy atom. The van der Waals surface area contributed by atoms with Crippen LogP contribution < -0.4 is 4.90 Å². The molecular formula is C14H19NO2S. The third-order valence-corrected chi connectivity index (χ3v) is 3.85. The lowest BCUT2D eigenvalue weighted by atomic mass is 10.1. The number of thioether (sulfide) groups is 1. The predicted octanol–water partition coefficient (Wildman–Crippen LogP) is 2.83. The fourth-order valence-electron chi connectivity index (χ4n) is 2.42. The Kier molecular flexibility index (Phi) is 4.30. The number of rotatable bonds is 3. The number of ether oxygens (including phenoxy) is 1. The molecule has 1 fully saturated rings. The zero-order valence-corrected chi connectivity index (χ0v) is 11.9. The van der Waals surface area contributed by atoms with E-state index in [-0.39, 0.29) is 12.2 Å². The Hall–Kier alpha value is -1.00. The van der Waals surface area contributed by atoms with Crippen LogP contribution in [-0.4, -0.2) is 37.8 Å². The van der Waals surface area contributed by atoms with Crippen LogP contribution in [0.1, 0.15) is 24.2 Å². The number of anilines is 1. The number of benzene rings is 1. The van der Waals surface area contributed by atoms with E-state index in [4.69, 9.17) is 4.74 Å². The molecule has 98 valence electrons. The number of nitrogens with zero attached hydrogens (tertiary/aromatic N) is 1. The van der Waals surface area contributed by atoms with Crippen molar-refractivity contribution in [3.05, 3.63) is 23.8 Å². The molecule has 0 amide bonds. The van der Waals surface area contributed by atoms with Crippen molar-refractivity contribution in [2.45, 2.75) is 31.0 Å². The van der Waals surface area contributed by atoms with Crippen LogP contribution >= 0.6 is 11.8 Å². The third-order valence-electron chi connectivity index (χ3n) is 3.12. The molecule has 0 bridgehead atoms. The van der Waals surface area contributed by atoms with Crippen LogP contribution in [0.5, 0.6) is 0 Å². The molecule has 1 aliphatic rings. The lowest BCUT2D eigenvalue weighted by Gasteiger charge is -2.37. The molecule has 2 rings (SSSR count). The number of carbonyl (C=O) groups is 1. The van der Waals surface area contributed by atoms with Crippen molar-refractivity contribution in [3.8, 4) is 0 Å². The molecule has 1 saturated heterocycles. The Balaban J connectivity index is 2.29. The highest BCUT2D eigenvalue weighted by Crippen LogP contribution is 2.27. The summed E-state index contributed by atoms with van der Waals surface area (Å²) in [6.45, 7) is 5.81. The molecule has 0 unspecified atom stereocenters. The molecule has 0 saturated carbocycles. The second-order valence-electron chi connectivity index (χ2n) is 4.70. The molecule has 0 aliphatic carbocycles. The smallest absolute Gasteiger partial charge is 0.152 e. The van der Waals surface area contributed by atoms with E-state index < -0.39 is 0 Å². The minimum atomic E-state index is 0.202. The van der Waals surface area contributed by atoms with E-state index >= 15 is 0 Å². The van der Waals surface area contributed by atoms with Gasteiger partial charge in [0.1, 0.15) is 0 Å². The molecule has 0 aromatic heterocycles. The number of hydrogen-bond acceptors (Lipinski definition) is 4. The molecule has 1 heterocycles. The van der Waals surface area contributed by atoms with Crippen LogP contribution in [0.3, 0.4) is 0 Å². The molecule has 4 heteroatoms. The van der Waals surface area contributed by atoms with Gasteiger partial charge in [0.2, 0.25) is 0 Å². The second-order valence-corrected chi connectivity index (χ2v) is 5.58. The van der Waals surface area contributed by atoms with Gasteiger partial charge in [-0.25, -0.2) is 0 Å². The first-order chi connectivity index (χ1) is 8.63. The first-order valence-corrected chi connectivity index (χ1v) is 7.40. The Morgan fingerprint density at radius 2 is 2.00 bits per heavy atom. The van der Waals surface area contributed by atoms with Gasteiger partial charge >= 0.3 is 0 Å². The Morgan fingerprint density at radius 3 is 2.56 bits per heavy atom. The number of hydrogen-bond donors (Lipinski definition) is 0. The fraction of sp³-hybridized carbons (Fsp3) is 0.500. The molecule has 1 aliphatic heterocycles. The van der Waals surface area contributed by atoms with Crippen molar-refractivity contribution in [1.82, 2.24) is 0 Å². The van der Waals surface area contributed by atoms with E-state index in [1.54, 1.807) is 11.8 Å². The van der Waals surface area contributed by atoms with E-state index in [1.807, 2.05) is 18.4 Å². The molecule has 0 radical (unpaired) electrons. The third kappa shape index (κ3) is 2.87. The van der Waals surface area contributed by atoms with Crippen LogP contribution in [0.15, 0.2) is 23.1 Å². The van der Waals surface area contributed by atoms with Crippen molar-refractivity contribution in [3.63, 3.8) is 0 Å². The average Bonchev–Trinajstić information content (AvgIpc) is 2.36. The summed E-state index contributed by atoms with van der Waals surface area (Å²) in [4.78, 5) is 14.6. The molecule has 0 spiro atoms. The number of carbonyl (C=O) groups excluding carboxylic acids is 1. The van der Waals surface area contributed by atoms with Crippen molar-refractivity contribution in [2.75, 3.05) is 24.2 Å². The highest BCUT2D eigenvalue weighted by atomic mass is 32.2. The molecular weight excluding hydrogens is 246 g/mol. The largest absolute Gasteiger partial charge is 0.372 e. The molecule has 18 heavy (non-hydrogen) atoms.